The van der Waals surface area contributed by atoms with Gasteiger partial charge in [-0.05, 0) is 61.4 Å². The molecule has 1 N–H and O–H groups in total. The number of amides is 1. The molecule has 134 valence electrons. The first-order valence-corrected chi connectivity index (χ1v) is 9.08. The van der Waals surface area contributed by atoms with Gasteiger partial charge in [-0.15, -0.1) is 0 Å². The monoisotopic (exact) mass is 351 g/mol. The normalized spacial score (nSPS) is 15.8. The van der Waals surface area contributed by atoms with Crippen molar-refractivity contribution in [2.75, 3.05) is 23.3 Å². The highest BCUT2D eigenvalue weighted by atomic mass is 16.6. The van der Waals surface area contributed by atoms with Gasteiger partial charge in [0.1, 0.15) is 0 Å². The molecule has 0 aromatic heterocycles. The van der Waals surface area contributed by atoms with Gasteiger partial charge < -0.3 is 10.2 Å². The largest absolute Gasteiger partial charge is 0.371 e. The van der Waals surface area contributed by atoms with Gasteiger partial charge in [0.15, 0.2) is 0 Å². The number of non-ortho nitro benzene ring substituents is 1. The van der Waals surface area contributed by atoms with Crippen LogP contribution < -0.4 is 10.2 Å². The van der Waals surface area contributed by atoms with E-state index in [1.807, 2.05) is 12.1 Å². The van der Waals surface area contributed by atoms with Crippen molar-refractivity contribution in [2.24, 2.45) is 0 Å². The molecule has 0 atom stereocenters. The van der Waals surface area contributed by atoms with Gasteiger partial charge in [0.25, 0.3) is 11.6 Å². The summed E-state index contributed by atoms with van der Waals surface area (Å²) in [5.41, 5.74) is 4.44. The van der Waals surface area contributed by atoms with E-state index < -0.39 is 4.92 Å². The van der Waals surface area contributed by atoms with Crippen LogP contribution in [0, 0.1) is 10.1 Å². The van der Waals surface area contributed by atoms with Gasteiger partial charge in [0, 0.05) is 30.9 Å². The highest BCUT2D eigenvalue weighted by Crippen LogP contribution is 2.30. The molecule has 0 unspecified atom stereocenters. The molecule has 1 amide bonds. The van der Waals surface area contributed by atoms with E-state index in [0.29, 0.717) is 5.56 Å². The molecule has 2 aromatic rings. The van der Waals surface area contributed by atoms with Crippen LogP contribution in [0.5, 0.6) is 0 Å². The van der Waals surface area contributed by atoms with Crippen molar-refractivity contribution in [1.29, 1.82) is 0 Å². The number of hydrogen-bond donors (Lipinski definition) is 1. The number of rotatable bonds is 4. The fourth-order valence-corrected chi connectivity index (χ4v) is 3.90. The predicted molar refractivity (Wildman–Crippen MR) is 101 cm³/mol. The van der Waals surface area contributed by atoms with Crippen LogP contribution in [-0.2, 0) is 12.8 Å². The molecule has 0 spiro atoms. The first-order chi connectivity index (χ1) is 12.6. The number of carbonyl (C=O) groups is 1. The lowest BCUT2D eigenvalue weighted by Crippen LogP contribution is -2.23. The summed E-state index contributed by atoms with van der Waals surface area (Å²) in [6, 6.07) is 10.5. The van der Waals surface area contributed by atoms with E-state index in [9.17, 15) is 14.9 Å². The zero-order valence-electron chi connectivity index (χ0n) is 14.5. The summed E-state index contributed by atoms with van der Waals surface area (Å²) in [6.45, 7) is 1.74. The SMILES string of the molecule is O=C(Nc1ccc2c(c1)CCC2)c1cc([N+](=O)[O-])ccc1N1CCCC1. The van der Waals surface area contributed by atoms with E-state index >= 15 is 0 Å². The Morgan fingerprint density at radius 2 is 1.77 bits per heavy atom. The molecule has 1 saturated heterocycles. The van der Waals surface area contributed by atoms with E-state index in [1.165, 1.54) is 23.3 Å². The van der Waals surface area contributed by atoms with Crippen LogP contribution in [0.3, 0.4) is 0 Å². The average molecular weight is 351 g/mol. The van der Waals surface area contributed by atoms with Crippen molar-refractivity contribution >= 4 is 23.0 Å². The Morgan fingerprint density at radius 3 is 2.54 bits per heavy atom. The minimum atomic E-state index is -0.458. The summed E-state index contributed by atoms with van der Waals surface area (Å²) < 4.78 is 0. The van der Waals surface area contributed by atoms with Crippen LogP contribution in [0.25, 0.3) is 0 Å². The highest BCUT2D eigenvalue weighted by molar-refractivity contribution is 6.08. The zero-order valence-corrected chi connectivity index (χ0v) is 14.5. The van der Waals surface area contributed by atoms with E-state index in [4.69, 9.17) is 0 Å². The number of carbonyl (C=O) groups excluding carboxylic acids is 1. The summed E-state index contributed by atoms with van der Waals surface area (Å²) in [7, 11) is 0. The maximum atomic E-state index is 12.9. The van der Waals surface area contributed by atoms with Gasteiger partial charge in [-0.2, -0.15) is 0 Å². The van der Waals surface area contributed by atoms with Crippen LogP contribution in [-0.4, -0.2) is 23.9 Å². The molecule has 1 aliphatic carbocycles. The summed E-state index contributed by atoms with van der Waals surface area (Å²) in [4.78, 5) is 25.7. The highest BCUT2D eigenvalue weighted by Gasteiger charge is 2.23. The lowest BCUT2D eigenvalue weighted by Gasteiger charge is -2.21. The average Bonchev–Trinajstić information content (AvgIpc) is 3.32. The van der Waals surface area contributed by atoms with Crippen molar-refractivity contribution < 1.29 is 9.72 Å². The number of fused-ring (bicyclic) bond motifs is 1. The molecule has 6 nitrogen and oxygen atoms in total. The number of benzene rings is 2. The van der Waals surface area contributed by atoms with Crippen molar-refractivity contribution in [3.63, 3.8) is 0 Å². The number of nitro groups is 1. The maximum absolute atomic E-state index is 12.9. The van der Waals surface area contributed by atoms with Gasteiger partial charge in [-0.3, -0.25) is 14.9 Å². The molecule has 26 heavy (non-hydrogen) atoms. The van der Waals surface area contributed by atoms with Gasteiger partial charge in [0.05, 0.1) is 16.2 Å². The number of nitrogens with one attached hydrogen (secondary N) is 1. The summed E-state index contributed by atoms with van der Waals surface area (Å²) in [6.07, 6.45) is 5.42. The minimum Gasteiger partial charge on any atom is -0.371 e. The van der Waals surface area contributed by atoms with Crippen LogP contribution in [0.4, 0.5) is 17.1 Å². The lowest BCUT2D eigenvalue weighted by molar-refractivity contribution is -0.384. The van der Waals surface area contributed by atoms with Crippen molar-refractivity contribution in [3.05, 3.63) is 63.2 Å². The second-order valence-corrected chi connectivity index (χ2v) is 6.94. The molecule has 6 heteroatoms. The van der Waals surface area contributed by atoms with Crippen LogP contribution >= 0.6 is 0 Å². The fourth-order valence-electron chi connectivity index (χ4n) is 3.90. The molecule has 2 aromatic carbocycles. The van der Waals surface area contributed by atoms with E-state index in [2.05, 4.69) is 16.3 Å². The Bertz CT molecular complexity index is 873. The molecular formula is C20H21N3O3. The molecule has 1 heterocycles. The van der Waals surface area contributed by atoms with Crippen molar-refractivity contribution in [1.82, 2.24) is 0 Å². The Kier molecular flexibility index (Phi) is 4.32. The van der Waals surface area contributed by atoms with E-state index in [-0.39, 0.29) is 11.6 Å². The molecule has 1 aliphatic heterocycles. The second-order valence-electron chi connectivity index (χ2n) is 6.94. The lowest BCUT2D eigenvalue weighted by atomic mass is 10.1. The fraction of sp³-hybridized carbons (Fsp3) is 0.350. The number of hydrogen-bond acceptors (Lipinski definition) is 4. The molecule has 2 aliphatic rings. The second kappa shape index (κ2) is 6.78. The maximum Gasteiger partial charge on any atom is 0.270 e. The Labute approximate surface area is 152 Å². The number of anilines is 2. The first-order valence-electron chi connectivity index (χ1n) is 9.08. The Hall–Kier alpha value is -2.89. The smallest absolute Gasteiger partial charge is 0.270 e. The molecule has 0 radical (unpaired) electrons. The number of nitrogens with zero attached hydrogens (tertiary/aromatic N) is 2. The zero-order chi connectivity index (χ0) is 18.1. The van der Waals surface area contributed by atoms with Gasteiger partial charge >= 0.3 is 0 Å². The molecular weight excluding hydrogens is 330 g/mol. The van der Waals surface area contributed by atoms with Crippen LogP contribution in [0.15, 0.2) is 36.4 Å². The van der Waals surface area contributed by atoms with Crippen molar-refractivity contribution in [3.8, 4) is 0 Å². The quantitative estimate of drug-likeness (QED) is 0.669. The Morgan fingerprint density at radius 1 is 1.00 bits per heavy atom. The topological polar surface area (TPSA) is 75.5 Å². The van der Waals surface area contributed by atoms with E-state index in [1.54, 1.807) is 6.07 Å². The predicted octanol–water partition coefficient (Wildman–Crippen LogP) is 3.94. The van der Waals surface area contributed by atoms with E-state index in [0.717, 1.165) is 56.6 Å². The number of nitro benzene ring substituents is 1. The molecule has 0 bridgehead atoms. The van der Waals surface area contributed by atoms with Gasteiger partial charge in [0.2, 0.25) is 0 Å². The minimum absolute atomic E-state index is 0.0629. The standard InChI is InChI=1S/C20H21N3O3/c24-20(21-16-7-6-14-4-3-5-15(14)12-16)18-13-17(23(25)26)8-9-19(18)22-10-1-2-11-22/h6-9,12-13H,1-5,10-11H2,(H,21,24). The number of aryl methyl sites for hydroxylation is 2. The third-order valence-corrected chi connectivity index (χ3v) is 5.24. The van der Waals surface area contributed by atoms with Gasteiger partial charge in [-0.1, -0.05) is 6.07 Å². The first kappa shape index (κ1) is 16.6. The van der Waals surface area contributed by atoms with Crippen molar-refractivity contribution in [2.45, 2.75) is 32.1 Å². The Balaban J connectivity index is 1.65. The summed E-state index contributed by atoms with van der Waals surface area (Å²) >= 11 is 0. The van der Waals surface area contributed by atoms with Gasteiger partial charge in [-0.25, -0.2) is 0 Å². The molecule has 0 saturated carbocycles. The third kappa shape index (κ3) is 3.14. The molecule has 1 fully saturated rings. The summed E-state index contributed by atoms with van der Waals surface area (Å²) in [5.74, 6) is -0.298. The summed E-state index contributed by atoms with van der Waals surface area (Å²) in [5, 5.41) is 14.1. The third-order valence-electron chi connectivity index (χ3n) is 5.24. The van der Waals surface area contributed by atoms with Crippen LogP contribution in [0.2, 0.25) is 0 Å². The molecule has 4 rings (SSSR count). The van der Waals surface area contributed by atoms with Crippen LogP contribution in [0.1, 0.15) is 40.7 Å².